The number of carbonyl (C=O) groups is 2. The quantitative estimate of drug-likeness (QED) is 0.368. The molecule has 2 aromatic rings. The number of aryl methyl sites for hydroxylation is 1. The van der Waals surface area contributed by atoms with Crippen molar-refractivity contribution in [2.24, 2.45) is 0 Å². The van der Waals surface area contributed by atoms with Gasteiger partial charge in [-0.25, -0.2) is 13.2 Å². The molecule has 0 spiro atoms. The molecule has 2 aromatic carbocycles. The molecule has 1 unspecified atom stereocenters. The van der Waals surface area contributed by atoms with Crippen molar-refractivity contribution in [2.45, 2.75) is 31.2 Å². The number of benzene rings is 2. The van der Waals surface area contributed by atoms with Gasteiger partial charge in [-0.15, -0.1) is 11.8 Å². The summed E-state index contributed by atoms with van der Waals surface area (Å²) in [6, 6.07) is 12.7. The first-order chi connectivity index (χ1) is 14.6. The second-order valence-corrected chi connectivity index (χ2v) is 10.6. The van der Waals surface area contributed by atoms with E-state index in [2.05, 4.69) is 5.32 Å². The molecule has 0 bridgehead atoms. The number of esters is 1. The summed E-state index contributed by atoms with van der Waals surface area (Å²) >= 11 is 1.64. The fourth-order valence-corrected chi connectivity index (χ4v) is 5.53. The first-order valence-electron chi connectivity index (χ1n) is 9.91. The first kappa shape index (κ1) is 23.1. The lowest BCUT2D eigenvalue weighted by Gasteiger charge is -2.21. The van der Waals surface area contributed by atoms with Crippen molar-refractivity contribution in [2.75, 3.05) is 29.5 Å². The van der Waals surface area contributed by atoms with Gasteiger partial charge in [0.15, 0.2) is 6.61 Å². The molecular weight excluding hydrogens is 436 g/mol. The van der Waals surface area contributed by atoms with E-state index in [1.807, 2.05) is 38.1 Å². The van der Waals surface area contributed by atoms with Crippen molar-refractivity contribution in [3.63, 3.8) is 0 Å². The van der Waals surface area contributed by atoms with Gasteiger partial charge in [-0.3, -0.25) is 9.10 Å². The van der Waals surface area contributed by atoms with Gasteiger partial charge in [0.1, 0.15) is 0 Å². The molecule has 7 nitrogen and oxygen atoms in total. The number of hydrogen-bond donors (Lipinski definition) is 1. The van der Waals surface area contributed by atoms with E-state index in [9.17, 15) is 18.0 Å². The lowest BCUT2D eigenvalue weighted by atomic mass is 10.1. The third kappa shape index (κ3) is 6.01. The predicted molar refractivity (Wildman–Crippen MR) is 122 cm³/mol. The van der Waals surface area contributed by atoms with Crippen LogP contribution in [0.25, 0.3) is 0 Å². The summed E-state index contributed by atoms with van der Waals surface area (Å²) in [5.41, 5.74) is 2.84. The Labute approximate surface area is 187 Å². The van der Waals surface area contributed by atoms with Gasteiger partial charge in [-0.05, 0) is 56.2 Å². The number of amides is 1. The molecule has 1 N–H and O–H groups in total. The summed E-state index contributed by atoms with van der Waals surface area (Å²) in [5.74, 6) is -0.267. The van der Waals surface area contributed by atoms with E-state index in [0.29, 0.717) is 30.0 Å². The van der Waals surface area contributed by atoms with Crippen molar-refractivity contribution in [3.05, 3.63) is 59.2 Å². The smallest absolute Gasteiger partial charge is 0.338 e. The van der Waals surface area contributed by atoms with Crippen LogP contribution in [0.3, 0.4) is 0 Å². The van der Waals surface area contributed by atoms with Gasteiger partial charge in [-0.2, -0.15) is 0 Å². The van der Waals surface area contributed by atoms with Gasteiger partial charge in [0, 0.05) is 23.2 Å². The fourth-order valence-electron chi connectivity index (χ4n) is 3.49. The van der Waals surface area contributed by atoms with Crippen LogP contribution >= 0.6 is 11.8 Å². The largest absolute Gasteiger partial charge is 0.452 e. The highest BCUT2D eigenvalue weighted by Crippen LogP contribution is 2.34. The Hall–Kier alpha value is -2.52. The molecule has 0 saturated heterocycles. The number of sulfonamides is 1. The van der Waals surface area contributed by atoms with E-state index in [-0.39, 0.29) is 18.6 Å². The molecule has 3 rings (SSSR count). The van der Waals surface area contributed by atoms with Crippen LogP contribution in [0, 0.1) is 6.92 Å². The molecule has 1 amide bonds. The van der Waals surface area contributed by atoms with Crippen LogP contribution in [-0.2, 0) is 26.0 Å². The first-order valence-corrected chi connectivity index (χ1v) is 12.7. The summed E-state index contributed by atoms with van der Waals surface area (Å²) < 4.78 is 30.5. The second-order valence-electron chi connectivity index (χ2n) is 7.54. The zero-order valence-corrected chi connectivity index (χ0v) is 19.4. The number of hydrogen-bond acceptors (Lipinski definition) is 6. The minimum absolute atomic E-state index is 0.208. The lowest BCUT2D eigenvalue weighted by molar-refractivity contribution is -0.124. The predicted octanol–water partition coefficient (Wildman–Crippen LogP) is 2.77. The molecular formula is C22H26N2O5S2. The monoisotopic (exact) mass is 462 g/mol. The maximum absolute atomic E-state index is 12.3. The zero-order chi connectivity index (χ0) is 22.6. The van der Waals surface area contributed by atoms with E-state index in [4.69, 9.17) is 4.74 Å². The van der Waals surface area contributed by atoms with Crippen LogP contribution in [0.2, 0.25) is 0 Å². The Morgan fingerprint density at radius 2 is 1.90 bits per heavy atom. The maximum Gasteiger partial charge on any atom is 0.338 e. The fraction of sp³-hybridized carbons (Fsp3) is 0.364. The number of rotatable bonds is 8. The van der Waals surface area contributed by atoms with E-state index in [0.717, 1.165) is 10.5 Å². The van der Waals surface area contributed by atoms with Crippen molar-refractivity contribution >= 4 is 39.3 Å². The molecule has 0 aromatic heterocycles. The third-order valence-electron chi connectivity index (χ3n) is 4.87. The maximum atomic E-state index is 12.3. The number of thioether (sulfide) groups is 1. The second kappa shape index (κ2) is 9.74. The Bertz CT molecular complexity index is 1070. The number of fused-ring (bicyclic) bond motifs is 1. The number of nitrogens with zero attached hydrogens (tertiary/aromatic N) is 1. The van der Waals surface area contributed by atoms with Crippen LogP contribution in [0.5, 0.6) is 0 Å². The normalized spacial score (nSPS) is 15.5. The van der Waals surface area contributed by atoms with Crippen LogP contribution in [0.1, 0.15) is 28.4 Å². The molecule has 0 radical (unpaired) electrons. The minimum Gasteiger partial charge on any atom is -0.452 e. The van der Waals surface area contributed by atoms with Crippen LogP contribution in [-0.4, -0.2) is 51.5 Å². The van der Waals surface area contributed by atoms with Crippen LogP contribution in [0.15, 0.2) is 47.4 Å². The van der Waals surface area contributed by atoms with Crippen molar-refractivity contribution in [1.29, 1.82) is 0 Å². The molecule has 0 fully saturated rings. The van der Waals surface area contributed by atoms with E-state index >= 15 is 0 Å². The molecule has 1 aliphatic rings. The van der Waals surface area contributed by atoms with E-state index in [1.165, 1.54) is 22.2 Å². The zero-order valence-electron chi connectivity index (χ0n) is 17.8. The van der Waals surface area contributed by atoms with Gasteiger partial charge >= 0.3 is 5.97 Å². The molecule has 9 heteroatoms. The molecule has 1 heterocycles. The Kier molecular flexibility index (Phi) is 7.27. The molecule has 166 valence electrons. The van der Waals surface area contributed by atoms with Gasteiger partial charge in [0.2, 0.25) is 10.0 Å². The van der Waals surface area contributed by atoms with Crippen molar-refractivity contribution in [3.8, 4) is 0 Å². The lowest BCUT2D eigenvalue weighted by Crippen LogP contribution is -2.34. The number of carbonyl (C=O) groups excluding carboxylic acids is 2. The molecule has 1 aliphatic heterocycles. The number of ether oxygens (including phenoxy) is 1. The molecule has 1 atom stereocenters. The third-order valence-corrected chi connectivity index (χ3v) is 7.16. The highest BCUT2D eigenvalue weighted by Gasteiger charge is 2.32. The Balaban J connectivity index is 1.46. The van der Waals surface area contributed by atoms with Crippen LogP contribution in [0.4, 0.5) is 5.69 Å². The molecule has 0 aliphatic carbocycles. The minimum atomic E-state index is -3.39. The standard InChI is InChI=1S/C22H26N2O5S2/c1-15-4-7-19(8-5-15)30-11-10-23-21(25)14-29-22(26)17-6-9-20-18(13-17)12-16(2)24(20)31(3,27)28/h4-9,13,16H,10-12,14H2,1-3H3,(H,23,25). The van der Waals surface area contributed by atoms with Gasteiger partial charge in [0.05, 0.1) is 17.5 Å². The van der Waals surface area contributed by atoms with Gasteiger partial charge in [-0.1, -0.05) is 17.7 Å². The average Bonchev–Trinajstić information content (AvgIpc) is 3.05. The van der Waals surface area contributed by atoms with Crippen molar-refractivity contribution < 1.29 is 22.7 Å². The Morgan fingerprint density at radius 1 is 1.19 bits per heavy atom. The number of anilines is 1. The summed E-state index contributed by atoms with van der Waals surface area (Å²) in [7, 11) is -3.39. The summed E-state index contributed by atoms with van der Waals surface area (Å²) in [4.78, 5) is 25.4. The summed E-state index contributed by atoms with van der Waals surface area (Å²) in [5, 5.41) is 2.73. The summed E-state index contributed by atoms with van der Waals surface area (Å²) in [6.45, 7) is 3.95. The van der Waals surface area contributed by atoms with E-state index < -0.39 is 16.0 Å². The highest BCUT2D eigenvalue weighted by atomic mass is 32.2. The van der Waals surface area contributed by atoms with Crippen LogP contribution < -0.4 is 9.62 Å². The van der Waals surface area contributed by atoms with Gasteiger partial charge < -0.3 is 10.1 Å². The van der Waals surface area contributed by atoms with Crippen molar-refractivity contribution in [1.82, 2.24) is 5.32 Å². The summed E-state index contributed by atoms with van der Waals surface area (Å²) in [6.07, 6.45) is 1.68. The molecule has 31 heavy (non-hydrogen) atoms. The number of nitrogens with one attached hydrogen (secondary N) is 1. The molecule has 0 saturated carbocycles. The highest BCUT2D eigenvalue weighted by molar-refractivity contribution is 7.99. The SMILES string of the molecule is Cc1ccc(SCCNC(=O)COC(=O)c2ccc3c(c2)CC(C)N3S(C)(=O)=O)cc1. The Morgan fingerprint density at radius 3 is 2.58 bits per heavy atom. The topological polar surface area (TPSA) is 92.8 Å². The van der Waals surface area contributed by atoms with E-state index in [1.54, 1.807) is 23.9 Å². The average molecular weight is 463 g/mol. The van der Waals surface area contributed by atoms with Gasteiger partial charge in [0.25, 0.3) is 5.91 Å².